The number of ether oxygens (including phenoxy) is 1. The van der Waals surface area contributed by atoms with E-state index < -0.39 is 18.1 Å². The molecule has 1 aromatic carbocycles. The van der Waals surface area contributed by atoms with Gasteiger partial charge in [-0.2, -0.15) is 0 Å². The van der Waals surface area contributed by atoms with E-state index in [4.69, 9.17) is 10.5 Å². The van der Waals surface area contributed by atoms with Gasteiger partial charge in [0.05, 0.1) is 0 Å². The van der Waals surface area contributed by atoms with Gasteiger partial charge in [0, 0.05) is 7.11 Å². The van der Waals surface area contributed by atoms with Crippen LogP contribution in [0.3, 0.4) is 0 Å². The van der Waals surface area contributed by atoms with Crippen LogP contribution in [-0.4, -0.2) is 25.0 Å². The van der Waals surface area contributed by atoms with Gasteiger partial charge in [0.15, 0.2) is 6.10 Å². The van der Waals surface area contributed by atoms with Crippen molar-refractivity contribution >= 4 is 11.8 Å². The van der Waals surface area contributed by atoms with Crippen LogP contribution in [0.15, 0.2) is 43.0 Å². The molecule has 0 fully saturated rings. The lowest BCUT2D eigenvalue weighted by molar-refractivity contribution is -0.135. The SMILES string of the molecule is C=CCC[C@@H](NC(=O)[C@@H](OC)c1ccccc1)C(N)=O. The number of carbonyl (C=O) groups is 2. The van der Waals surface area contributed by atoms with Crippen LogP contribution in [0.2, 0.25) is 0 Å². The van der Waals surface area contributed by atoms with E-state index in [0.29, 0.717) is 12.8 Å². The van der Waals surface area contributed by atoms with E-state index in [1.807, 2.05) is 18.2 Å². The Morgan fingerprint density at radius 2 is 2.05 bits per heavy atom. The van der Waals surface area contributed by atoms with Gasteiger partial charge in [-0.05, 0) is 18.4 Å². The average Bonchev–Trinajstić information content (AvgIpc) is 2.45. The monoisotopic (exact) mass is 276 g/mol. The van der Waals surface area contributed by atoms with Crippen LogP contribution < -0.4 is 11.1 Å². The first kappa shape index (κ1) is 15.9. The standard InChI is InChI=1S/C15H20N2O3/c1-3-4-10-12(14(16)18)17-15(19)13(20-2)11-8-6-5-7-9-11/h3,5-9,12-13H,1,4,10H2,2H3,(H2,16,18)(H,17,19)/t12-,13+/m1/s1. The van der Waals surface area contributed by atoms with Crippen molar-refractivity contribution in [3.05, 3.63) is 48.6 Å². The van der Waals surface area contributed by atoms with Crippen molar-refractivity contribution < 1.29 is 14.3 Å². The fourth-order valence-electron chi connectivity index (χ4n) is 1.84. The summed E-state index contributed by atoms with van der Waals surface area (Å²) in [6, 6.07) is 8.34. The minimum absolute atomic E-state index is 0.383. The quantitative estimate of drug-likeness (QED) is 0.702. The molecule has 0 aliphatic rings. The van der Waals surface area contributed by atoms with Gasteiger partial charge in [-0.15, -0.1) is 6.58 Å². The van der Waals surface area contributed by atoms with Crippen molar-refractivity contribution in [3.8, 4) is 0 Å². The Kier molecular flexibility index (Phi) is 6.46. The average molecular weight is 276 g/mol. The molecule has 0 bridgehead atoms. The van der Waals surface area contributed by atoms with Crippen LogP contribution in [0.5, 0.6) is 0 Å². The number of primary amides is 1. The van der Waals surface area contributed by atoms with Crippen LogP contribution in [0.4, 0.5) is 0 Å². The zero-order chi connectivity index (χ0) is 15.0. The van der Waals surface area contributed by atoms with Crippen LogP contribution in [0, 0.1) is 0 Å². The number of benzene rings is 1. The number of hydrogen-bond acceptors (Lipinski definition) is 3. The van der Waals surface area contributed by atoms with Crippen molar-refractivity contribution in [1.29, 1.82) is 0 Å². The Bertz CT molecular complexity index is 459. The molecule has 108 valence electrons. The number of nitrogens with two attached hydrogens (primary N) is 1. The lowest BCUT2D eigenvalue weighted by Gasteiger charge is -2.20. The Balaban J connectivity index is 2.75. The van der Waals surface area contributed by atoms with Gasteiger partial charge in [-0.25, -0.2) is 0 Å². The molecule has 0 saturated carbocycles. The number of methoxy groups -OCH3 is 1. The Morgan fingerprint density at radius 3 is 2.55 bits per heavy atom. The minimum atomic E-state index is -0.762. The maximum Gasteiger partial charge on any atom is 0.254 e. The second kappa shape index (κ2) is 8.12. The third-order valence-electron chi connectivity index (χ3n) is 2.90. The Hall–Kier alpha value is -2.14. The van der Waals surface area contributed by atoms with E-state index in [1.165, 1.54) is 7.11 Å². The summed E-state index contributed by atoms with van der Waals surface area (Å²) in [6.07, 6.45) is 1.93. The number of nitrogens with one attached hydrogen (secondary N) is 1. The molecule has 1 rings (SSSR count). The molecular weight excluding hydrogens is 256 g/mol. The third kappa shape index (κ3) is 4.51. The summed E-state index contributed by atoms with van der Waals surface area (Å²) in [6.45, 7) is 3.58. The lowest BCUT2D eigenvalue weighted by Crippen LogP contribution is -2.46. The van der Waals surface area contributed by atoms with E-state index in [-0.39, 0.29) is 5.91 Å². The van der Waals surface area contributed by atoms with Crippen molar-refractivity contribution in [3.63, 3.8) is 0 Å². The highest BCUT2D eigenvalue weighted by Crippen LogP contribution is 2.16. The fraction of sp³-hybridized carbons (Fsp3) is 0.333. The fourth-order valence-corrected chi connectivity index (χ4v) is 1.84. The molecule has 0 heterocycles. The maximum atomic E-state index is 12.2. The molecule has 5 nitrogen and oxygen atoms in total. The van der Waals surface area contributed by atoms with Crippen LogP contribution in [0.25, 0.3) is 0 Å². The summed E-state index contributed by atoms with van der Waals surface area (Å²) in [5.74, 6) is -0.949. The highest BCUT2D eigenvalue weighted by atomic mass is 16.5. The highest BCUT2D eigenvalue weighted by Gasteiger charge is 2.24. The molecule has 0 radical (unpaired) electrons. The molecule has 2 atom stereocenters. The first-order chi connectivity index (χ1) is 9.60. The number of rotatable bonds is 8. The number of hydrogen-bond donors (Lipinski definition) is 2. The highest BCUT2D eigenvalue weighted by molar-refractivity contribution is 5.89. The summed E-state index contributed by atoms with van der Waals surface area (Å²) in [5.41, 5.74) is 6.00. The van der Waals surface area contributed by atoms with E-state index in [2.05, 4.69) is 11.9 Å². The van der Waals surface area contributed by atoms with Gasteiger partial charge >= 0.3 is 0 Å². The summed E-state index contributed by atoms with van der Waals surface area (Å²) in [7, 11) is 1.44. The van der Waals surface area contributed by atoms with Crippen molar-refractivity contribution in [1.82, 2.24) is 5.32 Å². The molecule has 0 saturated heterocycles. The molecule has 20 heavy (non-hydrogen) atoms. The molecule has 1 aromatic rings. The summed E-state index contributed by atoms with van der Waals surface area (Å²) in [5, 5.41) is 2.61. The second-order valence-electron chi connectivity index (χ2n) is 4.36. The molecule has 3 N–H and O–H groups in total. The third-order valence-corrected chi connectivity index (χ3v) is 2.90. The lowest BCUT2D eigenvalue weighted by atomic mass is 10.1. The molecule has 0 spiro atoms. The van der Waals surface area contributed by atoms with Crippen LogP contribution in [0.1, 0.15) is 24.5 Å². The molecule has 0 aliphatic carbocycles. The van der Waals surface area contributed by atoms with E-state index in [0.717, 1.165) is 5.56 Å². The second-order valence-corrected chi connectivity index (χ2v) is 4.36. The van der Waals surface area contributed by atoms with Crippen molar-refractivity contribution in [2.45, 2.75) is 25.0 Å². The van der Waals surface area contributed by atoms with Gasteiger partial charge in [0.25, 0.3) is 5.91 Å². The number of amides is 2. The molecule has 2 amide bonds. The predicted octanol–water partition coefficient (Wildman–Crippen LogP) is 1.31. The van der Waals surface area contributed by atoms with E-state index in [1.54, 1.807) is 18.2 Å². The maximum absolute atomic E-state index is 12.2. The zero-order valence-electron chi connectivity index (χ0n) is 11.5. The molecule has 5 heteroatoms. The van der Waals surface area contributed by atoms with Crippen molar-refractivity contribution in [2.24, 2.45) is 5.73 Å². The smallest absolute Gasteiger partial charge is 0.254 e. The summed E-state index contributed by atoms with van der Waals surface area (Å²) >= 11 is 0. The van der Waals surface area contributed by atoms with Gasteiger partial charge in [-0.3, -0.25) is 9.59 Å². The first-order valence-electron chi connectivity index (χ1n) is 6.38. The molecular formula is C15H20N2O3. The molecule has 0 unspecified atom stereocenters. The van der Waals surface area contributed by atoms with E-state index >= 15 is 0 Å². The topological polar surface area (TPSA) is 81.4 Å². The number of allylic oxidation sites excluding steroid dienone is 1. The normalized spacial score (nSPS) is 13.2. The van der Waals surface area contributed by atoms with Gasteiger partial charge < -0.3 is 15.8 Å². The van der Waals surface area contributed by atoms with E-state index in [9.17, 15) is 9.59 Å². The van der Waals surface area contributed by atoms with Crippen LogP contribution in [-0.2, 0) is 14.3 Å². The molecule has 0 aromatic heterocycles. The Labute approximate surface area is 118 Å². The minimum Gasteiger partial charge on any atom is -0.368 e. The Morgan fingerprint density at radius 1 is 1.40 bits per heavy atom. The molecule has 0 aliphatic heterocycles. The first-order valence-corrected chi connectivity index (χ1v) is 6.38. The summed E-state index contributed by atoms with van der Waals surface area (Å²) < 4.78 is 5.20. The van der Waals surface area contributed by atoms with Crippen LogP contribution >= 0.6 is 0 Å². The van der Waals surface area contributed by atoms with Gasteiger partial charge in [0.1, 0.15) is 6.04 Å². The van der Waals surface area contributed by atoms with Crippen molar-refractivity contribution in [2.75, 3.05) is 7.11 Å². The van der Waals surface area contributed by atoms with Gasteiger partial charge in [0.2, 0.25) is 5.91 Å². The van der Waals surface area contributed by atoms with Gasteiger partial charge in [-0.1, -0.05) is 36.4 Å². The zero-order valence-corrected chi connectivity index (χ0v) is 11.5. The largest absolute Gasteiger partial charge is 0.368 e. The number of carbonyl (C=O) groups excluding carboxylic acids is 2. The predicted molar refractivity (Wildman–Crippen MR) is 76.7 cm³/mol. The summed E-state index contributed by atoms with van der Waals surface area (Å²) in [4.78, 5) is 23.5.